The summed E-state index contributed by atoms with van der Waals surface area (Å²) in [5.41, 5.74) is 3.21. The molecule has 0 heterocycles. The Morgan fingerprint density at radius 3 is 2.80 bits per heavy atom. The van der Waals surface area contributed by atoms with Crippen LogP contribution in [0.15, 0.2) is 46.9 Å². The molecule has 0 radical (unpaired) electrons. The first-order valence-electron chi connectivity index (χ1n) is 6.74. The fourth-order valence-corrected chi connectivity index (χ4v) is 3.78. The van der Waals surface area contributed by atoms with Gasteiger partial charge < -0.3 is 0 Å². The van der Waals surface area contributed by atoms with Crippen LogP contribution < -0.4 is 0 Å². The highest BCUT2D eigenvalue weighted by Crippen LogP contribution is 2.35. The largest absolute Gasteiger partial charge is 0.293 e. The van der Waals surface area contributed by atoms with Crippen molar-refractivity contribution < 1.29 is 4.79 Å². The van der Waals surface area contributed by atoms with Gasteiger partial charge in [0.2, 0.25) is 0 Å². The van der Waals surface area contributed by atoms with E-state index in [1.54, 1.807) is 12.1 Å². The summed E-state index contributed by atoms with van der Waals surface area (Å²) < 4.78 is 0.776. The first kappa shape index (κ1) is 13.8. The van der Waals surface area contributed by atoms with Gasteiger partial charge in [0.25, 0.3) is 0 Å². The van der Waals surface area contributed by atoms with Crippen molar-refractivity contribution in [2.45, 2.75) is 25.2 Å². The Kier molecular flexibility index (Phi) is 3.95. The van der Waals surface area contributed by atoms with Gasteiger partial charge >= 0.3 is 0 Å². The topological polar surface area (TPSA) is 17.1 Å². The second kappa shape index (κ2) is 5.71. The Hall–Kier alpha value is -1.12. The standard InChI is InChI=1S/C17H14BrClO/c18-16-10-12(19)8-9-15(16)17(20)14-7-3-5-11-4-1-2-6-13(11)14/h1-2,4,6,8-10,14H,3,5,7H2. The lowest BCUT2D eigenvalue weighted by Gasteiger charge is -2.24. The third-order valence-corrected chi connectivity index (χ3v) is 4.77. The number of ketones is 1. The first-order chi connectivity index (χ1) is 9.66. The molecule has 2 aromatic carbocycles. The first-order valence-corrected chi connectivity index (χ1v) is 7.91. The smallest absolute Gasteiger partial charge is 0.171 e. The van der Waals surface area contributed by atoms with Gasteiger partial charge in [-0.05, 0) is 64.5 Å². The molecule has 0 aliphatic heterocycles. The van der Waals surface area contributed by atoms with E-state index < -0.39 is 0 Å². The van der Waals surface area contributed by atoms with E-state index in [0.29, 0.717) is 5.02 Å². The molecule has 0 saturated carbocycles. The van der Waals surface area contributed by atoms with E-state index in [1.165, 1.54) is 11.1 Å². The van der Waals surface area contributed by atoms with Gasteiger partial charge in [0.1, 0.15) is 0 Å². The second-order valence-electron chi connectivity index (χ2n) is 5.13. The number of hydrogen-bond acceptors (Lipinski definition) is 1. The number of carbonyl (C=O) groups is 1. The van der Waals surface area contributed by atoms with E-state index in [2.05, 4.69) is 28.1 Å². The zero-order chi connectivity index (χ0) is 14.1. The molecule has 1 unspecified atom stereocenters. The molecule has 1 nitrogen and oxygen atoms in total. The van der Waals surface area contributed by atoms with Gasteiger partial charge in [0.05, 0.1) is 0 Å². The number of hydrogen-bond donors (Lipinski definition) is 0. The molecule has 0 amide bonds. The van der Waals surface area contributed by atoms with Crippen LogP contribution in [0.5, 0.6) is 0 Å². The van der Waals surface area contributed by atoms with Crippen molar-refractivity contribution in [3.63, 3.8) is 0 Å². The molecule has 1 atom stereocenters. The summed E-state index contributed by atoms with van der Waals surface area (Å²) in [6.45, 7) is 0. The van der Waals surface area contributed by atoms with Gasteiger partial charge in [-0.2, -0.15) is 0 Å². The van der Waals surface area contributed by atoms with Crippen LogP contribution in [0.2, 0.25) is 5.02 Å². The van der Waals surface area contributed by atoms with E-state index in [1.807, 2.05) is 18.2 Å². The molecule has 0 N–H and O–H groups in total. The lowest BCUT2D eigenvalue weighted by molar-refractivity contribution is 0.0950. The lowest BCUT2D eigenvalue weighted by Crippen LogP contribution is -2.19. The van der Waals surface area contributed by atoms with Crippen molar-refractivity contribution in [1.29, 1.82) is 0 Å². The van der Waals surface area contributed by atoms with Gasteiger partial charge in [-0.25, -0.2) is 0 Å². The van der Waals surface area contributed by atoms with Crippen LogP contribution in [-0.2, 0) is 6.42 Å². The molecule has 1 aliphatic rings. The Labute approximate surface area is 132 Å². The van der Waals surface area contributed by atoms with Crippen molar-refractivity contribution in [3.8, 4) is 0 Å². The highest BCUT2D eigenvalue weighted by atomic mass is 79.9. The normalized spacial score (nSPS) is 17.6. The number of halogens is 2. The molecule has 20 heavy (non-hydrogen) atoms. The molecule has 2 aromatic rings. The van der Waals surface area contributed by atoms with Crippen molar-refractivity contribution in [3.05, 3.63) is 68.7 Å². The van der Waals surface area contributed by atoms with Gasteiger partial charge in [-0.1, -0.05) is 35.9 Å². The zero-order valence-corrected chi connectivity index (χ0v) is 13.2. The van der Waals surface area contributed by atoms with E-state index in [-0.39, 0.29) is 11.7 Å². The van der Waals surface area contributed by atoms with E-state index >= 15 is 0 Å². The molecule has 1 aliphatic carbocycles. The highest BCUT2D eigenvalue weighted by Gasteiger charge is 2.27. The number of carbonyl (C=O) groups excluding carboxylic acids is 1. The number of benzene rings is 2. The van der Waals surface area contributed by atoms with Crippen LogP contribution in [0, 0.1) is 0 Å². The van der Waals surface area contributed by atoms with Crippen LogP contribution in [0.4, 0.5) is 0 Å². The lowest BCUT2D eigenvalue weighted by atomic mass is 9.79. The molecule has 0 fully saturated rings. The monoisotopic (exact) mass is 348 g/mol. The van der Waals surface area contributed by atoms with Crippen molar-refractivity contribution >= 4 is 33.3 Å². The quantitative estimate of drug-likeness (QED) is 0.663. The van der Waals surface area contributed by atoms with E-state index in [9.17, 15) is 4.79 Å². The molecular weight excluding hydrogens is 336 g/mol. The Bertz CT molecular complexity index is 666. The molecular formula is C17H14BrClO. The molecule has 3 rings (SSSR count). The van der Waals surface area contributed by atoms with E-state index in [0.717, 1.165) is 29.3 Å². The molecule has 3 heteroatoms. The number of rotatable bonds is 2. The minimum atomic E-state index is -0.0302. The predicted molar refractivity (Wildman–Crippen MR) is 85.6 cm³/mol. The van der Waals surface area contributed by atoms with Gasteiger partial charge in [-0.15, -0.1) is 0 Å². The average Bonchev–Trinajstić information content (AvgIpc) is 2.46. The number of fused-ring (bicyclic) bond motifs is 1. The van der Waals surface area contributed by atoms with Gasteiger partial charge in [-0.3, -0.25) is 4.79 Å². The van der Waals surface area contributed by atoms with Crippen molar-refractivity contribution in [1.82, 2.24) is 0 Å². The van der Waals surface area contributed by atoms with Crippen molar-refractivity contribution in [2.24, 2.45) is 0 Å². The van der Waals surface area contributed by atoms with Crippen LogP contribution in [-0.4, -0.2) is 5.78 Å². The van der Waals surface area contributed by atoms with Crippen LogP contribution in [0.25, 0.3) is 0 Å². The summed E-state index contributed by atoms with van der Waals surface area (Å²) in [5.74, 6) is 0.151. The fraction of sp³-hybridized carbons (Fsp3) is 0.235. The third-order valence-electron chi connectivity index (χ3n) is 3.88. The molecule has 0 saturated heterocycles. The highest BCUT2D eigenvalue weighted by molar-refractivity contribution is 9.10. The minimum absolute atomic E-state index is 0.0302. The third kappa shape index (κ3) is 2.55. The summed E-state index contributed by atoms with van der Waals surface area (Å²) in [5, 5.41) is 0.637. The Morgan fingerprint density at radius 1 is 1.20 bits per heavy atom. The number of Topliss-reactive ketones (excluding diaryl/α,β-unsaturated/α-hetero) is 1. The Morgan fingerprint density at radius 2 is 2.00 bits per heavy atom. The molecule has 0 bridgehead atoms. The average molecular weight is 350 g/mol. The van der Waals surface area contributed by atoms with Crippen LogP contribution in [0.1, 0.15) is 40.2 Å². The summed E-state index contributed by atoms with van der Waals surface area (Å²) in [7, 11) is 0. The van der Waals surface area contributed by atoms with Crippen LogP contribution >= 0.6 is 27.5 Å². The summed E-state index contributed by atoms with van der Waals surface area (Å²) in [4.78, 5) is 12.8. The minimum Gasteiger partial charge on any atom is -0.293 e. The maximum absolute atomic E-state index is 12.8. The second-order valence-corrected chi connectivity index (χ2v) is 6.42. The SMILES string of the molecule is O=C(c1ccc(Cl)cc1Br)C1CCCc2ccccc21. The number of aryl methyl sites for hydroxylation is 1. The summed E-state index contributed by atoms with van der Waals surface area (Å²) >= 11 is 9.40. The van der Waals surface area contributed by atoms with Gasteiger partial charge in [0, 0.05) is 21.0 Å². The van der Waals surface area contributed by atoms with Crippen molar-refractivity contribution in [2.75, 3.05) is 0 Å². The molecule has 0 spiro atoms. The van der Waals surface area contributed by atoms with Gasteiger partial charge in [0.15, 0.2) is 5.78 Å². The molecule has 102 valence electrons. The summed E-state index contributed by atoms with van der Waals surface area (Å²) in [6.07, 6.45) is 3.06. The zero-order valence-electron chi connectivity index (χ0n) is 10.9. The fourth-order valence-electron chi connectivity index (χ4n) is 2.90. The summed E-state index contributed by atoms with van der Waals surface area (Å²) in [6, 6.07) is 13.6. The van der Waals surface area contributed by atoms with E-state index in [4.69, 9.17) is 11.6 Å². The molecule has 0 aromatic heterocycles. The predicted octanol–water partition coefficient (Wildman–Crippen LogP) is 5.41. The maximum Gasteiger partial charge on any atom is 0.171 e. The van der Waals surface area contributed by atoms with Crippen LogP contribution in [0.3, 0.4) is 0 Å². The maximum atomic E-state index is 12.8. The Balaban J connectivity index is 2.00.